The molecule has 178 valence electrons. The van der Waals surface area contributed by atoms with Gasteiger partial charge in [0.2, 0.25) is 11.7 Å². The number of carbonyl (C=O) groups excluding carboxylic acids is 2. The van der Waals surface area contributed by atoms with Crippen molar-refractivity contribution < 1.29 is 9.59 Å². The Labute approximate surface area is 202 Å². The molecule has 2 amide bonds. The molecular weight excluding hydrogens is 444 g/mol. The number of nitrogens with zero attached hydrogens (tertiary/aromatic N) is 6. The number of benzene rings is 2. The lowest BCUT2D eigenvalue weighted by atomic mass is 9.99. The molecule has 0 saturated carbocycles. The van der Waals surface area contributed by atoms with Gasteiger partial charge in [0.15, 0.2) is 11.5 Å². The number of likely N-dealkylation sites (N-methyl/N-ethyl adjacent to an activating group) is 1. The number of amides is 2. The fraction of sp³-hybridized carbons (Fsp3) is 0.280. The van der Waals surface area contributed by atoms with Crippen molar-refractivity contribution in [1.82, 2.24) is 35.5 Å². The van der Waals surface area contributed by atoms with Crippen LogP contribution in [0.15, 0.2) is 48.5 Å². The van der Waals surface area contributed by atoms with Gasteiger partial charge in [-0.15, -0.1) is 10.2 Å². The number of imidazole rings is 1. The molecule has 10 nitrogen and oxygen atoms in total. The van der Waals surface area contributed by atoms with E-state index in [0.717, 1.165) is 41.0 Å². The van der Waals surface area contributed by atoms with Crippen molar-refractivity contribution in [2.45, 2.75) is 39.2 Å². The summed E-state index contributed by atoms with van der Waals surface area (Å²) in [5, 5.41) is 17.2. The average molecular weight is 471 g/mol. The third-order valence-corrected chi connectivity index (χ3v) is 6.21. The van der Waals surface area contributed by atoms with Gasteiger partial charge < -0.3 is 5.32 Å². The van der Waals surface area contributed by atoms with Gasteiger partial charge in [-0.1, -0.05) is 49.7 Å². The van der Waals surface area contributed by atoms with E-state index in [0.29, 0.717) is 23.8 Å². The molecule has 10 heteroatoms. The van der Waals surface area contributed by atoms with E-state index in [-0.39, 0.29) is 11.8 Å². The monoisotopic (exact) mass is 470 g/mol. The van der Waals surface area contributed by atoms with E-state index < -0.39 is 6.04 Å². The molecule has 5 rings (SSSR count). The lowest BCUT2D eigenvalue weighted by Gasteiger charge is -2.15. The molecule has 1 atom stereocenters. The van der Waals surface area contributed by atoms with Gasteiger partial charge >= 0.3 is 0 Å². The zero-order chi connectivity index (χ0) is 24.5. The van der Waals surface area contributed by atoms with Crippen molar-refractivity contribution in [3.05, 3.63) is 60.0 Å². The van der Waals surface area contributed by atoms with Gasteiger partial charge in [0.1, 0.15) is 11.9 Å². The van der Waals surface area contributed by atoms with Gasteiger partial charge in [0.05, 0.1) is 0 Å². The number of H-pyrrole nitrogens is 1. The van der Waals surface area contributed by atoms with Crippen LogP contribution in [0.1, 0.15) is 43.0 Å². The Hall–Kier alpha value is -4.34. The molecule has 0 aliphatic carbocycles. The zero-order valence-electron chi connectivity index (χ0n) is 19.8. The molecule has 1 aliphatic heterocycles. The second-order valence-corrected chi connectivity index (χ2v) is 8.56. The Kier molecular flexibility index (Phi) is 5.86. The topological polar surface area (TPSA) is 122 Å². The summed E-state index contributed by atoms with van der Waals surface area (Å²) in [5.74, 6) is 1.14. The number of nitrogens with one attached hydrogen (secondary N) is 2. The second-order valence-electron chi connectivity index (χ2n) is 8.56. The molecular formula is C25H26N8O2. The van der Waals surface area contributed by atoms with E-state index in [9.17, 15) is 9.59 Å². The summed E-state index contributed by atoms with van der Waals surface area (Å²) in [5.41, 5.74) is 3.98. The van der Waals surface area contributed by atoms with Crippen LogP contribution in [0.25, 0.3) is 28.2 Å². The normalized spacial score (nSPS) is 15.6. The maximum atomic E-state index is 13.2. The number of aromatic nitrogens is 6. The molecule has 0 fully saturated rings. The van der Waals surface area contributed by atoms with Crippen molar-refractivity contribution >= 4 is 17.6 Å². The molecule has 1 aliphatic rings. The Balaban J connectivity index is 1.61. The molecule has 2 aromatic heterocycles. The lowest BCUT2D eigenvalue weighted by Crippen LogP contribution is -2.42. The minimum Gasteiger partial charge on any atom is -0.339 e. The summed E-state index contributed by atoms with van der Waals surface area (Å²) < 4.78 is 1.87. The number of hydrogen-bond donors (Lipinski definition) is 2. The third-order valence-electron chi connectivity index (χ3n) is 6.21. The van der Waals surface area contributed by atoms with Crippen LogP contribution in [0.5, 0.6) is 0 Å². The molecule has 35 heavy (non-hydrogen) atoms. The first-order chi connectivity index (χ1) is 17.0. The highest BCUT2D eigenvalue weighted by molar-refractivity contribution is 6.09. The Morgan fingerprint density at radius 3 is 2.46 bits per heavy atom. The molecule has 4 aromatic rings. The summed E-state index contributed by atoms with van der Waals surface area (Å²) in [6.07, 6.45) is 2.60. The molecule has 1 unspecified atom stereocenters. The second kappa shape index (κ2) is 9.13. The van der Waals surface area contributed by atoms with Gasteiger partial charge in [-0.3, -0.25) is 19.1 Å². The summed E-state index contributed by atoms with van der Waals surface area (Å²) in [4.78, 5) is 32.1. The predicted octanol–water partition coefficient (Wildman–Crippen LogP) is 3.16. The Bertz CT molecular complexity index is 1380. The fourth-order valence-electron chi connectivity index (χ4n) is 4.39. The van der Waals surface area contributed by atoms with E-state index in [2.05, 4.69) is 32.9 Å². The van der Waals surface area contributed by atoms with Crippen LogP contribution in [0.2, 0.25) is 0 Å². The van der Waals surface area contributed by atoms with Crippen LogP contribution >= 0.6 is 0 Å². The van der Waals surface area contributed by atoms with Gasteiger partial charge in [-0.2, -0.15) is 5.21 Å². The van der Waals surface area contributed by atoms with Crippen LogP contribution in [-0.4, -0.2) is 55.1 Å². The number of anilines is 1. The van der Waals surface area contributed by atoms with Crippen LogP contribution in [-0.2, 0) is 11.2 Å². The largest absolute Gasteiger partial charge is 0.339 e. The summed E-state index contributed by atoms with van der Waals surface area (Å²) in [6.45, 7) is 3.79. The van der Waals surface area contributed by atoms with E-state index >= 15 is 0 Å². The standard InChI is InChI=1S/C25H26N8O2/c1-4-5-10-20-27-23-21(24(34)26-15(2)25(35)32(23)3)33(20)17-13-11-16(12-14-17)18-8-6-7-9-19(18)22-28-30-31-29-22/h6-9,11-15H,4-5,10H2,1-3H3,(H,26,34)(H,28,29,30,31). The number of fused-ring (bicyclic) bond motifs is 1. The maximum absolute atomic E-state index is 13.2. The quantitative estimate of drug-likeness (QED) is 0.446. The number of tetrazole rings is 1. The minimum atomic E-state index is -0.627. The minimum absolute atomic E-state index is 0.197. The Morgan fingerprint density at radius 2 is 1.77 bits per heavy atom. The van der Waals surface area contributed by atoms with E-state index in [4.69, 9.17) is 4.98 Å². The van der Waals surface area contributed by atoms with Gasteiger partial charge in [0, 0.05) is 24.7 Å². The van der Waals surface area contributed by atoms with Gasteiger partial charge in [-0.25, -0.2) is 4.98 Å². The molecule has 0 radical (unpaired) electrons. The molecule has 0 spiro atoms. The third kappa shape index (κ3) is 3.96. The SMILES string of the molecule is CCCCc1nc2c(n1-c1ccc(-c3ccccc3-c3nn[nH]n3)cc1)C(=O)NC(C)C(=O)N2C. The zero-order valence-corrected chi connectivity index (χ0v) is 19.8. The van der Waals surface area contributed by atoms with E-state index in [1.807, 2.05) is 53.1 Å². The number of hydrogen-bond acceptors (Lipinski definition) is 6. The number of aryl methyl sites for hydroxylation is 1. The van der Waals surface area contributed by atoms with Crippen LogP contribution in [0, 0.1) is 0 Å². The van der Waals surface area contributed by atoms with Gasteiger partial charge in [0.25, 0.3) is 5.91 Å². The number of carbonyl (C=O) groups is 2. The Morgan fingerprint density at radius 1 is 1.03 bits per heavy atom. The fourth-order valence-corrected chi connectivity index (χ4v) is 4.39. The van der Waals surface area contributed by atoms with Crippen molar-refractivity contribution in [1.29, 1.82) is 0 Å². The van der Waals surface area contributed by atoms with E-state index in [1.54, 1.807) is 14.0 Å². The maximum Gasteiger partial charge on any atom is 0.272 e. The first-order valence-corrected chi connectivity index (χ1v) is 11.6. The summed E-state index contributed by atoms with van der Waals surface area (Å²) in [7, 11) is 1.66. The molecule has 3 heterocycles. The molecule has 0 bridgehead atoms. The van der Waals surface area contributed by atoms with Gasteiger partial charge in [-0.05, 0) is 41.8 Å². The molecule has 2 N–H and O–H groups in total. The number of aromatic amines is 1. The lowest BCUT2D eigenvalue weighted by molar-refractivity contribution is -0.119. The van der Waals surface area contributed by atoms with Crippen molar-refractivity contribution in [2.75, 3.05) is 11.9 Å². The average Bonchev–Trinajstić information content (AvgIpc) is 3.53. The highest BCUT2D eigenvalue weighted by atomic mass is 16.2. The summed E-state index contributed by atoms with van der Waals surface area (Å²) >= 11 is 0. The van der Waals surface area contributed by atoms with Crippen molar-refractivity contribution in [3.8, 4) is 28.2 Å². The first-order valence-electron chi connectivity index (χ1n) is 11.6. The van der Waals surface area contributed by atoms with Crippen molar-refractivity contribution in [2.24, 2.45) is 0 Å². The smallest absolute Gasteiger partial charge is 0.272 e. The van der Waals surface area contributed by atoms with Crippen LogP contribution in [0.3, 0.4) is 0 Å². The molecule has 0 saturated heterocycles. The first kappa shape index (κ1) is 22.5. The molecule has 2 aromatic carbocycles. The highest BCUT2D eigenvalue weighted by Gasteiger charge is 2.35. The highest BCUT2D eigenvalue weighted by Crippen LogP contribution is 2.32. The number of rotatable bonds is 6. The van der Waals surface area contributed by atoms with Crippen LogP contribution in [0.4, 0.5) is 5.82 Å². The number of unbranched alkanes of at least 4 members (excludes halogenated alkanes) is 1. The summed E-state index contributed by atoms with van der Waals surface area (Å²) in [6, 6.07) is 15.1. The van der Waals surface area contributed by atoms with Crippen molar-refractivity contribution in [3.63, 3.8) is 0 Å². The predicted molar refractivity (Wildman–Crippen MR) is 131 cm³/mol. The van der Waals surface area contributed by atoms with Crippen LogP contribution < -0.4 is 10.2 Å². The van der Waals surface area contributed by atoms with E-state index in [1.165, 1.54) is 4.90 Å².